The number of hydrogen-bond donors (Lipinski definition) is 2. The van der Waals surface area contributed by atoms with Gasteiger partial charge >= 0.3 is 0 Å². The summed E-state index contributed by atoms with van der Waals surface area (Å²) in [6, 6.07) is 11.7. The molecule has 0 aliphatic rings. The highest BCUT2D eigenvalue weighted by atomic mass is 35.5. The van der Waals surface area contributed by atoms with Gasteiger partial charge in [0.25, 0.3) is 0 Å². The maximum Gasteiger partial charge on any atom is 0.226 e. The highest BCUT2D eigenvalue weighted by Gasteiger charge is 2.04. The van der Waals surface area contributed by atoms with Crippen molar-refractivity contribution < 1.29 is 4.79 Å². The lowest BCUT2D eigenvalue weighted by atomic mass is 10.1. The first-order chi connectivity index (χ1) is 9.65. The van der Waals surface area contributed by atoms with Crippen LogP contribution in [0.2, 0.25) is 0 Å². The van der Waals surface area contributed by atoms with E-state index < -0.39 is 0 Å². The molecule has 2 aromatic rings. The largest absolute Gasteiger partial charge is 0.397 e. The minimum atomic E-state index is -0.0177. The third kappa shape index (κ3) is 5.44. The lowest BCUT2D eigenvalue weighted by Gasteiger charge is -2.07. The predicted molar refractivity (Wildman–Crippen MR) is 87.5 cm³/mol. The van der Waals surface area contributed by atoms with Gasteiger partial charge in [0.05, 0.1) is 18.3 Å². The van der Waals surface area contributed by atoms with E-state index in [9.17, 15) is 4.79 Å². The molecule has 0 unspecified atom stereocenters. The lowest BCUT2D eigenvalue weighted by Crippen LogP contribution is -2.27. The molecule has 0 aliphatic carbocycles. The first-order valence-corrected chi connectivity index (χ1v) is 6.67. The molecule has 1 amide bonds. The van der Waals surface area contributed by atoms with E-state index in [1.54, 1.807) is 18.3 Å². The molecule has 0 bridgehead atoms. The predicted octanol–water partition coefficient (Wildman–Crippen LogP) is 2.30. The van der Waals surface area contributed by atoms with E-state index in [2.05, 4.69) is 29.4 Å². The van der Waals surface area contributed by atoms with E-state index in [0.29, 0.717) is 12.2 Å². The maximum absolute atomic E-state index is 11.8. The van der Waals surface area contributed by atoms with Crippen molar-refractivity contribution in [1.29, 1.82) is 0 Å². The molecule has 112 valence electrons. The van der Waals surface area contributed by atoms with Crippen LogP contribution in [-0.4, -0.2) is 17.4 Å². The molecule has 5 heteroatoms. The number of hydrogen-bond acceptors (Lipinski definition) is 3. The Bertz CT molecular complexity index is 584. The molecule has 0 spiro atoms. The number of nitrogens with two attached hydrogens (primary N) is 1. The number of carbonyl (C=O) groups excluding carboxylic acids is 1. The zero-order valence-electron chi connectivity index (χ0n) is 12.0. The fourth-order valence-electron chi connectivity index (χ4n) is 1.99. The number of nitrogens with zero attached hydrogens (tertiary/aromatic N) is 1. The number of carbonyl (C=O) groups is 1. The minimum Gasteiger partial charge on any atom is -0.397 e. The van der Waals surface area contributed by atoms with Gasteiger partial charge in [0, 0.05) is 12.2 Å². The number of halogens is 1. The summed E-state index contributed by atoms with van der Waals surface area (Å²) in [6.07, 6.45) is 2.69. The monoisotopic (exact) mass is 305 g/mol. The van der Waals surface area contributed by atoms with Gasteiger partial charge in [-0.25, -0.2) is 0 Å². The Morgan fingerprint density at radius 3 is 2.67 bits per heavy atom. The van der Waals surface area contributed by atoms with E-state index in [1.165, 1.54) is 11.1 Å². The van der Waals surface area contributed by atoms with Crippen LogP contribution in [0.5, 0.6) is 0 Å². The molecule has 1 heterocycles. The number of benzene rings is 1. The Morgan fingerprint density at radius 1 is 1.24 bits per heavy atom. The van der Waals surface area contributed by atoms with Crippen molar-refractivity contribution in [1.82, 2.24) is 10.3 Å². The van der Waals surface area contributed by atoms with Crippen LogP contribution in [0.1, 0.15) is 16.8 Å². The van der Waals surface area contributed by atoms with Gasteiger partial charge in [0.2, 0.25) is 5.91 Å². The van der Waals surface area contributed by atoms with Crippen molar-refractivity contribution in [3.63, 3.8) is 0 Å². The summed E-state index contributed by atoms with van der Waals surface area (Å²) in [4.78, 5) is 15.9. The molecular formula is C16H20ClN3O. The average Bonchev–Trinajstić information content (AvgIpc) is 2.43. The number of rotatable bonds is 5. The second-order valence-electron chi connectivity index (χ2n) is 4.79. The van der Waals surface area contributed by atoms with Gasteiger partial charge in [-0.3, -0.25) is 9.78 Å². The Morgan fingerprint density at radius 2 is 2.00 bits per heavy atom. The summed E-state index contributed by atoms with van der Waals surface area (Å²) in [5, 5.41) is 2.91. The fraction of sp³-hybridized carbons (Fsp3) is 0.250. The van der Waals surface area contributed by atoms with Gasteiger partial charge in [-0.2, -0.15) is 0 Å². The Kier molecular flexibility index (Phi) is 6.69. The number of nitrogen functional groups attached to an aromatic ring is 1. The minimum absolute atomic E-state index is 0. The number of pyridine rings is 1. The van der Waals surface area contributed by atoms with Crippen molar-refractivity contribution >= 4 is 24.0 Å². The topological polar surface area (TPSA) is 68.0 Å². The molecule has 1 aromatic carbocycles. The Labute approximate surface area is 131 Å². The number of amides is 1. The van der Waals surface area contributed by atoms with E-state index in [4.69, 9.17) is 5.73 Å². The van der Waals surface area contributed by atoms with Crippen LogP contribution in [0.4, 0.5) is 5.69 Å². The molecule has 0 saturated carbocycles. The Hall–Kier alpha value is -2.07. The van der Waals surface area contributed by atoms with Crippen LogP contribution in [0.15, 0.2) is 42.6 Å². The first-order valence-electron chi connectivity index (χ1n) is 6.67. The first kappa shape index (κ1) is 17.0. The fourth-order valence-corrected chi connectivity index (χ4v) is 1.99. The molecule has 1 aromatic heterocycles. The number of aromatic nitrogens is 1. The zero-order valence-corrected chi connectivity index (χ0v) is 12.8. The molecule has 0 radical (unpaired) electrons. The highest BCUT2D eigenvalue weighted by molar-refractivity contribution is 5.85. The lowest BCUT2D eigenvalue weighted by molar-refractivity contribution is -0.120. The van der Waals surface area contributed by atoms with Gasteiger partial charge in [-0.15, -0.1) is 12.4 Å². The number of anilines is 1. The molecule has 0 atom stereocenters. The third-order valence-electron chi connectivity index (χ3n) is 3.17. The van der Waals surface area contributed by atoms with Crippen molar-refractivity contribution in [3.05, 3.63) is 59.4 Å². The second kappa shape index (κ2) is 8.27. The molecule has 4 nitrogen and oxygen atoms in total. The summed E-state index contributed by atoms with van der Waals surface area (Å²) < 4.78 is 0. The number of aryl methyl sites for hydroxylation is 1. The van der Waals surface area contributed by atoms with E-state index in [0.717, 1.165) is 12.1 Å². The van der Waals surface area contributed by atoms with Crippen LogP contribution >= 0.6 is 12.4 Å². The second-order valence-corrected chi connectivity index (χ2v) is 4.79. The zero-order chi connectivity index (χ0) is 14.4. The highest BCUT2D eigenvalue weighted by Crippen LogP contribution is 2.07. The molecule has 0 saturated heterocycles. The van der Waals surface area contributed by atoms with Crippen molar-refractivity contribution in [3.8, 4) is 0 Å². The van der Waals surface area contributed by atoms with Crippen molar-refractivity contribution in [2.24, 2.45) is 0 Å². The number of nitrogens with one attached hydrogen (secondary N) is 1. The molecule has 3 N–H and O–H groups in total. The molecule has 0 aliphatic heterocycles. The van der Waals surface area contributed by atoms with Gasteiger partial charge < -0.3 is 11.1 Å². The normalized spacial score (nSPS) is 9.76. The smallest absolute Gasteiger partial charge is 0.226 e. The van der Waals surface area contributed by atoms with Gasteiger partial charge in [-0.1, -0.05) is 24.3 Å². The Balaban J connectivity index is 0.00000220. The quantitative estimate of drug-likeness (QED) is 0.890. The molecule has 0 fully saturated rings. The van der Waals surface area contributed by atoms with Crippen LogP contribution < -0.4 is 11.1 Å². The molecule has 2 rings (SSSR count). The van der Waals surface area contributed by atoms with Gasteiger partial charge in [0.1, 0.15) is 0 Å². The summed E-state index contributed by atoms with van der Waals surface area (Å²) >= 11 is 0. The average molecular weight is 306 g/mol. The molecule has 21 heavy (non-hydrogen) atoms. The van der Waals surface area contributed by atoms with E-state index >= 15 is 0 Å². The van der Waals surface area contributed by atoms with Gasteiger partial charge in [0.15, 0.2) is 0 Å². The van der Waals surface area contributed by atoms with Crippen LogP contribution in [0.3, 0.4) is 0 Å². The van der Waals surface area contributed by atoms with Crippen LogP contribution in [0, 0.1) is 6.92 Å². The van der Waals surface area contributed by atoms with Crippen molar-refractivity contribution in [2.45, 2.75) is 19.8 Å². The standard InChI is InChI=1S/C16H19N3O.ClH/c1-12-4-2-3-5-13(12)8-9-18-16(20)10-15-7-6-14(17)11-19-15;/h2-7,11H,8-10,17H2,1H3,(H,18,20);1H. The van der Waals surface area contributed by atoms with E-state index in [1.807, 2.05) is 12.1 Å². The summed E-state index contributed by atoms with van der Waals surface area (Å²) in [7, 11) is 0. The van der Waals surface area contributed by atoms with Gasteiger partial charge in [-0.05, 0) is 36.6 Å². The SMILES string of the molecule is Cc1ccccc1CCNC(=O)Cc1ccc(N)cn1.Cl. The summed E-state index contributed by atoms with van der Waals surface area (Å²) in [6.45, 7) is 2.72. The van der Waals surface area contributed by atoms with Crippen molar-refractivity contribution in [2.75, 3.05) is 12.3 Å². The summed E-state index contributed by atoms with van der Waals surface area (Å²) in [5.41, 5.74) is 9.40. The van der Waals surface area contributed by atoms with Crippen LogP contribution in [-0.2, 0) is 17.6 Å². The van der Waals surface area contributed by atoms with E-state index in [-0.39, 0.29) is 24.7 Å². The summed E-state index contributed by atoms with van der Waals surface area (Å²) in [5.74, 6) is -0.0177. The maximum atomic E-state index is 11.8. The third-order valence-corrected chi connectivity index (χ3v) is 3.17. The van der Waals surface area contributed by atoms with Crippen LogP contribution in [0.25, 0.3) is 0 Å². The molecular weight excluding hydrogens is 286 g/mol.